The van der Waals surface area contributed by atoms with Gasteiger partial charge in [0.1, 0.15) is 0 Å². The number of aliphatic hydroxyl groups excluding tert-OH is 1. The minimum atomic E-state index is -0.214. The molecule has 2 unspecified atom stereocenters. The molecule has 3 nitrogen and oxygen atoms in total. The van der Waals surface area contributed by atoms with Crippen LogP contribution in [0.25, 0.3) is 0 Å². The minimum Gasteiger partial charge on any atom is -0.390 e. The Morgan fingerprint density at radius 3 is 2.62 bits per heavy atom. The van der Waals surface area contributed by atoms with Gasteiger partial charge < -0.3 is 15.3 Å². The Bertz CT molecular complexity index is 174. The van der Waals surface area contributed by atoms with Gasteiger partial charge >= 0.3 is 0 Å². The first-order valence-corrected chi connectivity index (χ1v) is 7.78. The average molecular weight is 246 g/mol. The molecular weight excluding hydrogens is 220 g/mol. The van der Waals surface area contributed by atoms with Gasteiger partial charge in [0.05, 0.1) is 6.10 Å². The highest BCUT2D eigenvalue weighted by molar-refractivity contribution is 7.98. The molecule has 0 aromatic rings. The molecule has 4 heteroatoms. The molecule has 2 N–H and O–H groups in total. The molecule has 0 radical (unpaired) electrons. The van der Waals surface area contributed by atoms with E-state index in [-0.39, 0.29) is 6.10 Å². The molecule has 2 atom stereocenters. The van der Waals surface area contributed by atoms with Gasteiger partial charge in [-0.15, -0.1) is 0 Å². The molecule has 0 aromatic heterocycles. The lowest BCUT2D eigenvalue weighted by atomic mass is 10.2. The van der Waals surface area contributed by atoms with Crippen molar-refractivity contribution in [1.82, 2.24) is 10.2 Å². The second kappa shape index (κ2) is 8.34. The Labute approximate surface area is 104 Å². The van der Waals surface area contributed by atoms with Crippen molar-refractivity contribution in [2.24, 2.45) is 0 Å². The van der Waals surface area contributed by atoms with Crippen LogP contribution < -0.4 is 5.32 Å². The van der Waals surface area contributed by atoms with E-state index in [0.717, 1.165) is 25.3 Å². The summed E-state index contributed by atoms with van der Waals surface area (Å²) < 4.78 is 0. The molecular formula is C12H26N2OS. The first-order chi connectivity index (χ1) is 7.76. The lowest BCUT2D eigenvalue weighted by Crippen LogP contribution is -2.41. The molecule has 1 aliphatic heterocycles. The zero-order valence-corrected chi connectivity index (χ0v) is 11.4. The van der Waals surface area contributed by atoms with Crippen LogP contribution in [0.5, 0.6) is 0 Å². The van der Waals surface area contributed by atoms with Gasteiger partial charge in [-0.3, -0.25) is 0 Å². The topological polar surface area (TPSA) is 35.5 Å². The smallest absolute Gasteiger partial charge is 0.0791 e. The Balaban J connectivity index is 2.10. The fourth-order valence-corrected chi connectivity index (χ4v) is 2.91. The van der Waals surface area contributed by atoms with E-state index < -0.39 is 0 Å². The van der Waals surface area contributed by atoms with Crippen LogP contribution in [-0.4, -0.2) is 60.3 Å². The SMILES string of the molecule is CCC(CSC)NCC(O)CN1CCCC1. The Morgan fingerprint density at radius 2 is 2.06 bits per heavy atom. The van der Waals surface area contributed by atoms with E-state index in [9.17, 15) is 5.11 Å². The molecule has 1 rings (SSSR count). The van der Waals surface area contributed by atoms with Crippen molar-refractivity contribution in [3.63, 3.8) is 0 Å². The van der Waals surface area contributed by atoms with Crippen molar-refractivity contribution in [2.45, 2.75) is 38.3 Å². The van der Waals surface area contributed by atoms with Crippen LogP contribution in [0.3, 0.4) is 0 Å². The maximum absolute atomic E-state index is 9.91. The number of aliphatic hydroxyl groups is 1. The van der Waals surface area contributed by atoms with E-state index in [1.54, 1.807) is 0 Å². The first-order valence-electron chi connectivity index (χ1n) is 6.39. The van der Waals surface area contributed by atoms with Crippen LogP contribution >= 0.6 is 11.8 Å². The van der Waals surface area contributed by atoms with Crippen molar-refractivity contribution in [3.8, 4) is 0 Å². The lowest BCUT2D eigenvalue weighted by Gasteiger charge is -2.22. The molecule has 0 amide bonds. The molecule has 96 valence electrons. The molecule has 1 fully saturated rings. The van der Waals surface area contributed by atoms with Crippen molar-refractivity contribution in [2.75, 3.05) is 38.2 Å². The predicted molar refractivity (Wildman–Crippen MR) is 72.1 cm³/mol. The number of likely N-dealkylation sites (tertiary alicyclic amines) is 1. The van der Waals surface area contributed by atoms with Gasteiger partial charge in [-0.05, 0) is 38.6 Å². The van der Waals surface area contributed by atoms with Crippen molar-refractivity contribution in [3.05, 3.63) is 0 Å². The summed E-state index contributed by atoms with van der Waals surface area (Å²) in [4.78, 5) is 2.36. The van der Waals surface area contributed by atoms with Gasteiger partial charge in [-0.2, -0.15) is 11.8 Å². The molecule has 0 spiro atoms. The fraction of sp³-hybridized carbons (Fsp3) is 1.00. The first kappa shape index (κ1) is 14.3. The minimum absolute atomic E-state index is 0.214. The monoisotopic (exact) mass is 246 g/mol. The fourth-order valence-electron chi connectivity index (χ4n) is 2.15. The van der Waals surface area contributed by atoms with E-state index in [1.807, 2.05) is 11.8 Å². The van der Waals surface area contributed by atoms with Gasteiger partial charge in [0.15, 0.2) is 0 Å². The number of hydrogen-bond donors (Lipinski definition) is 2. The number of thioether (sulfide) groups is 1. The van der Waals surface area contributed by atoms with E-state index in [2.05, 4.69) is 23.4 Å². The van der Waals surface area contributed by atoms with Gasteiger partial charge in [-0.25, -0.2) is 0 Å². The summed E-state index contributed by atoms with van der Waals surface area (Å²) in [6.07, 6.45) is 5.64. The zero-order valence-electron chi connectivity index (χ0n) is 10.6. The van der Waals surface area contributed by atoms with Crippen LogP contribution in [0.4, 0.5) is 0 Å². The van der Waals surface area contributed by atoms with E-state index in [0.29, 0.717) is 6.04 Å². The third-order valence-corrected chi connectivity index (χ3v) is 3.91. The van der Waals surface area contributed by atoms with Crippen molar-refractivity contribution >= 4 is 11.8 Å². The molecule has 1 saturated heterocycles. The highest BCUT2D eigenvalue weighted by Gasteiger charge is 2.16. The third-order valence-electron chi connectivity index (χ3n) is 3.17. The lowest BCUT2D eigenvalue weighted by molar-refractivity contribution is 0.121. The van der Waals surface area contributed by atoms with Gasteiger partial charge in [0.25, 0.3) is 0 Å². The number of nitrogens with zero attached hydrogens (tertiary/aromatic N) is 1. The number of nitrogens with one attached hydrogen (secondary N) is 1. The molecule has 0 bridgehead atoms. The number of rotatable bonds is 8. The molecule has 0 aliphatic carbocycles. The highest BCUT2D eigenvalue weighted by atomic mass is 32.2. The summed E-state index contributed by atoms with van der Waals surface area (Å²) in [5, 5.41) is 13.4. The quantitative estimate of drug-likeness (QED) is 0.674. The Kier molecular flexibility index (Phi) is 7.45. The normalized spacial score (nSPS) is 21.2. The molecule has 16 heavy (non-hydrogen) atoms. The largest absolute Gasteiger partial charge is 0.390 e. The number of hydrogen-bond acceptors (Lipinski definition) is 4. The van der Waals surface area contributed by atoms with Crippen LogP contribution in [0.2, 0.25) is 0 Å². The second-order valence-electron chi connectivity index (χ2n) is 4.63. The second-order valence-corrected chi connectivity index (χ2v) is 5.54. The van der Waals surface area contributed by atoms with Crippen LogP contribution in [-0.2, 0) is 0 Å². The summed E-state index contributed by atoms with van der Waals surface area (Å²) in [5.41, 5.74) is 0. The predicted octanol–water partition coefficient (Wildman–Crippen LogP) is 1.17. The van der Waals surface area contributed by atoms with Gasteiger partial charge in [-0.1, -0.05) is 6.92 Å². The van der Waals surface area contributed by atoms with E-state index in [1.165, 1.54) is 25.9 Å². The average Bonchev–Trinajstić information content (AvgIpc) is 2.76. The zero-order chi connectivity index (χ0) is 11.8. The van der Waals surface area contributed by atoms with E-state index in [4.69, 9.17) is 0 Å². The summed E-state index contributed by atoms with van der Waals surface area (Å²) in [7, 11) is 0. The summed E-state index contributed by atoms with van der Waals surface area (Å²) in [5.74, 6) is 1.13. The van der Waals surface area contributed by atoms with Crippen LogP contribution in [0, 0.1) is 0 Å². The summed E-state index contributed by atoms with van der Waals surface area (Å²) >= 11 is 1.86. The molecule has 0 aromatic carbocycles. The summed E-state index contributed by atoms with van der Waals surface area (Å²) in [6, 6.07) is 0.545. The maximum atomic E-state index is 9.91. The molecule has 1 aliphatic rings. The third kappa shape index (κ3) is 5.53. The molecule has 0 saturated carbocycles. The van der Waals surface area contributed by atoms with Crippen molar-refractivity contribution in [1.29, 1.82) is 0 Å². The van der Waals surface area contributed by atoms with Crippen LogP contribution in [0.15, 0.2) is 0 Å². The van der Waals surface area contributed by atoms with Crippen molar-refractivity contribution < 1.29 is 5.11 Å². The summed E-state index contributed by atoms with van der Waals surface area (Å²) in [6.45, 7) is 6.09. The highest BCUT2D eigenvalue weighted by Crippen LogP contribution is 2.07. The van der Waals surface area contributed by atoms with E-state index >= 15 is 0 Å². The standard InChI is InChI=1S/C12H26N2OS/c1-3-11(10-16-2)13-8-12(15)9-14-6-4-5-7-14/h11-13,15H,3-10H2,1-2H3. The Hall–Kier alpha value is 0.230. The maximum Gasteiger partial charge on any atom is 0.0791 e. The van der Waals surface area contributed by atoms with Gasteiger partial charge in [0, 0.05) is 24.9 Å². The Morgan fingerprint density at radius 1 is 1.38 bits per heavy atom. The number of β-amino-alcohol motifs (C(OH)–C–C–N with tert-alkyl or cyclic N) is 1. The molecule has 1 heterocycles. The van der Waals surface area contributed by atoms with Crippen LogP contribution in [0.1, 0.15) is 26.2 Å². The van der Waals surface area contributed by atoms with Gasteiger partial charge in [0.2, 0.25) is 0 Å².